The van der Waals surface area contributed by atoms with Gasteiger partial charge < -0.3 is 4.90 Å². The molecule has 0 fully saturated rings. The molecule has 5 heteroatoms. The lowest BCUT2D eigenvalue weighted by atomic mass is 10.1. The largest absolute Gasteiger partial charge is 0.310 e. The molecule has 0 bridgehead atoms. The van der Waals surface area contributed by atoms with E-state index in [1.807, 2.05) is 24.3 Å². The highest BCUT2D eigenvalue weighted by Gasteiger charge is 2.28. The molecule has 1 aliphatic rings. The number of hydrogen-bond donors (Lipinski definition) is 1. The summed E-state index contributed by atoms with van der Waals surface area (Å²) in [4.78, 5) is 14.5. The molecule has 2 atom stereocenters. The molecule has 3 rings (SSSR count). The highest BCUT2D eigenvalue weighted by atomic mass is 19.1. The smallest absolute Gasteiger partial charge is 0.243 e. The van der Waals surface area contributed by atoms with Gasteiger partial charge in [-0.15, -0.1) is 0 Å². The van der Waals surface area contributed by atoms with Crippen LogP contribution in [0.1, 0.15) is 31.0 Å². The number of para-hydroxylation sites is 1. The van der Waals surface area contributed by atoms with Crippen molar-refractivity contribution in [2.24, 2.45) is 0 Å². The number of anilines is 1. The van der Waals surface area contributed by atoms with Crippen LogP contribution in [0, 0.1) is 11.6 Å². The maximum atomic E-state index is 13.9. The van der Waals surface area contributed by atoms with Crippen LogP contribution in [0.15, 0.2) is 42.5 Å². The molecule has 3 nitrogen and oxygen atoms in total. The van der Waals surface area contributed by atoms with Gasteiger partial charge in [0.25, 0.3) is 0 Å². The van der Waals surface area contributed by atoms with Gasteiger partial charge in [0.15, 0.2) is 0 Å². The molecular formula is C19H20F2N2O. The first-order chi connectivity index (χ1) is 11.5. The highest BCUT2D eigenvalue weighted by Crippen LogP contribution is 2.28. The number of amides is 1. The second kappa shape index (κ2) is 6.69. The normalized spacial score (nSPS) is 15.9. The summed E-state index contributed by atoms with van der Waals surface area (Å²) in [6, 6.07) is 10.5. The van der Waals surface area contributed by atoms with Gasteiger partial charge in [-0.2, -0.15) is 0 Å². The Labute approximate surface area is 140 Å². The Bertz CT molecular complexity index is 763. The molecule has 0 saturated heterocycles. The number of benzene rings is 2. The average molecular weight is 330 g/mol. The van der Waals surface area contributed by atoms with Gasteiger partial charge in [-0.3, -0.25) is 10.1 Å². The Balaban J connectivity index is 1.71. The molecule has 24 heavy (non-hydrogen) atoms. The Morgan fingerprint density at radius 2 is 1.92 bits per heavy atom. The molecule has 1 heterocycles. The number of fused-ring (bicyclic) bond motifs is 1. The van der Waals surface area contributed by atoms with Gasteiger partial charge in [0.05, 0.1) is 6.04 Å². The predicted octanol–water partition coefficient (Wildman–Crippen LogP) is 3.59. The molecule has 1 amide bonds. The first-order valence-corrected chi connectivity index (χ1v) is 8.07. The zero-order valence-electron chi connectivity index (χ0n) is 13.7. The molecule has 126 valence electrons. The number of rotatable bonds is 4. The minimum Gasteiger partial charge on any atom is -0.310 e. The number of carbonyl (C=O) groups is 1. The fourth-order valence-electron chi connectivity index (χ4n) is 3.19. The van der Waals surface area contributed by atoms with Crippen LogP contribution in [0.4, 0.5) is 14.5 Å². The van der Waals surface area contributed by atoms with Crippen molar-refractivity contribution in [3.8, 4) is 0 Å². The highest BCUT2D eigenvalue weighted by molar-refractivity contribution is 5.98. The minimum absolute atomic E-state index is 0.0469. The molecule has 1 aliphatic heterocycles. The van der Waals surface area contributed by atoms with Gasteiger partial charge in [0.2, 0.25) is 5.91 Å². The Hall–Kier alpha value is -2.27. The summed E-state index contributed by atoms with van der Waals surface area (Å²) >= 11 is 0. The van der Waals surface area contributed by atoms with Crippen molar-refractivity contribution in [3.63, 3.8) is 0 Å². The average Bonchev–Trinajstić information content (AvgIpc) is 2.97. The summed E-state index contributed by atoms with van der Waals surface area (Å²) < 4.78 is 26.9. The first-order valence-electron chi connectivity index (χ1n) is 8.07. The molecule has 0 radical (unpaired) electrons. The molecule has 0 aliphatic carbocycles. The monoisotopic (exact) mass is 330 g/mol. The van der Waals surface area contributed by atoms with E-state index in [2.05, 4.69) is 5.32 Å². The van der Waals surface area contributed by atoms with E-state index in [0.717, 1.165) is 23.7 Å². The maximum Gasteiger partial charge on any atom is 0.243 e. The second-order valence-corrected chi connectivity index (χ2v) is 6.14. The van der Waals surface area contributed by atoms with E-state index in [1.54, 1.807) is 18.7 Å². The van der Waals surface area contributed by atoms with Crippen molar-refractivity contribution in [1.29, 1.82) is 0 Å². The lowest BCUT2D eigenvalue weighted by Gasteiger charge is -2.25. The SMILES string of the molecule is C[C@@H](N[C@H](C)c1ccc(F)cc1F)C(=O)N1CCc2ccccc21. The maximum absolute atomic E-state index is 13.9. The topological polar surface area (TPSA) is 32.3 Å². The molecule has 1 N–H and O–H groups in total. The van der Waals surface area contributed by atoms with Crippen molar-refractivity contribution >= 4 is 11.6 Å². The minimum atomic E-state index is -0.610. The quantitative estimate of drug-likeness (QED) is 0.929. The van der Waals surface area contributed by atoms with Gasteiger partial charge in [-0.25, -0.2) is 8.78 Å². The van der Waals surface area contributed by atoms with E-state index < -0.39 is 23.7 Å². The molecule has 0 spiro atoms. The van der Waals surface area contributed by atoms with E-state index in [1.165, 1.54) is 12.1 Å². The Morgan fingerprint density at radius 3 is 2.67 bits per heavy atom. The zero-order valence-corrected chi connectivity index (χ0v) is 13.7. The van der Waals surface area contributed by atoms with Gasteiger partial charge in [-0.05, 0) is 38.0 Å². The van der Waals surface area contributed by atoms with E-state index in [0.29, 0.717) is 12.1 Å². The number of nitrogens with zero attached hydrogens (tertiary/aromatic N) is 1. The predicted molar refractivity (Wildman–Crippen MR) is 89.9 cm³/mol. The van der Waals surface area contributed by atoms with E-state index in [9.17, 15) is 13.6 Å². The third kappa shape index (κ3) is 3.17. The van der Waals surface area contributed by atoms with Crippen LogP contribution < -0.4 is 10.2 Å². The standard InChI is InChI=1S/C19H20F2N2O/c1-12(16-8-7-15(20)11-17(16)21)22-13(2)19(24)23-10-9-14-5-3-4-6-18(14)23/h3-8,11-13,22H,9-10H2,1-2H3/t12-,13-/m1/s1. The summed E-state index contributed by atoms with van der Waals surface area (Å²) in [6.07, 6.45) is 0.844. The summed E-state index contributed by atoms with van der Waals surface area (Å²) in [7, 11) is 0. The van der Waals surface area contributed by atoms with Crippen molar-refractivity contribution in [2.45, 2.75) is 32.4 Å². The lowest BCUT2D eigenvalue weighted by molar-refractivity contribution is -0.120. The van der Waals surface area contributed by atoms with Crippen LogP contribution in [0.3, 0.4) is 0 Å². The number of halogens is 2. The second-order valence-electron chi connectivity index (χ2n) is 6.14. The van der Waals surface area contributed by atoms with Crippen LogP contribution in [-0.2, 0) is 11.2 Å². The van der Waals surface area contributed by atoms with Gasteiger partial charge in [-0.1, -0.05) is 24.3 Å². The van der Waals surface area contributed by atoms with Crippen molar-refractivity contribution < 1.29 is 13.6 Å². The Morgan fingerprint density at radius 1 is 1.17 bits per heavy atom. The first kappa shape index (κ1) is 16.6. The van der Waals surface area contributed by atoms with Gasteiger partial charge in [0, 0.05) is 29.9 Å². The van der Waals surface area contributed by atoms with Crippen LogP contribution >= 0.6 is 0 Å². The lowest BCUT2D eigenvalue weighted by Crippen LogP contribution is -2.45. The number of nitrogens with one attached hydrogen (secondary N) is 1. The van der Waals surface area contributed by atoms with Crippen LogP contribution in [0.2, 0.25) is 0 Å². The summed E-state index contributed by atoms with van der Waals surface area (Å²) in [6.45, 7) is 4.18. The van der Waals surface area contributed by atoms with E-state index >= 15 is 0 Å². The molecule has 0 aromatic heterocycles. The third-order valence-electron chi connectivity index (χ3n) is 4.45. The summed E-state index contributed by atoms with van der Waals surface area (Å²) in [5.41, 5.74) is 2.45. The molecule has 0 unspecified atom stereocenters. The van der Waals surface area contributed by atoms with Crippen molar-refractivity contribution in [3.05, 3.63) is 65.2 Å². The van der Waals surface area contributed by atoms with Crippen LogP contribution in [0.25, 0.3) is 0 Å². The van der Waals surface area contributed by atoms with Crippen LogP contribution in [-0.4, -0.2) is 18.5 Å². The Kier molecular flexibility index (Phi) is 4.62. The van der Waals surface area contributed by atoms with E-state index in [-0.39, 0.29) is 5.91 Å². The van der Waals surface area contributed by atoms with Crippen LogP contribution in [0.5, 0.6) is 0 Å². The molecule has 2 aromatic rings. The molecular weight excluding hydrogens is 310 g/mol. The van der Waals surface area contributed by atoms with E-state index in [4.69, 9.17) is 0 Å². The summed E-state index contributed by atoms with van der Waals surface area (Å²) in [5.74, 6) is -1.27. The number of hydrogen-bond acceptors (Lipinski definition) is 2. The van der Waals surface area contributed by atoms with Gasteiger partial charge in [0.1, 0.15) is 11.6 Å². The molecule has 0 saturated carbocycles. The summed E-state index contributed by atoms with van der Waals surface area (Å²) in [5, 5.41) is 3.11. The van der Waals surface area contributed by atoms with Gasteiger partial charge >= 0.3 is 0 Å². The number of carbonyl (C=O) groups excluding carboxylic acids is 1. The third-order valence-corrected chi connectivity index (χ3v) is 4.45. The zero-order chi connectivity index (χ0) is 17.3. The van der Waals surface area contributed by atoms with Crippen molar-refractivity contribution in [2.75, 3.05) is 11.4 Å². The fourth-order valence-corrected chi connectivity index (χ4v) is 3.19. The van der Waals surface area contributed by atoms with Crippen molar-refractivity contribution in [1.82, 2.24) is 5.32 Å². The fraction of sp³-hybridized carbons (Fsp3) is 0.316. The molecule has 2 aromatic carbocycles.